The van der Waals surface area contributed by atoms with Gasteiger partial charge in [-0.05, 0) is 36.2 Å². The van der Waals surface area contributed by atoms with E-state index in [1.165, 1.54) is 6.07 Å². The van der Waals surface area contributed by atoms with E-state index in [-0.39, 0.29) is 5.91 Å². The van der Waals surface area contributed by atoms with Gasteiger partial charge in [-0.15, -0.1) is 0 Å². The van der Waals surface area contributed by atoms with Gasteiger partial charge >= 0.3 is 0 Å². The highest BCUT2D eigenvalue weighted by molar-refractivity contribution is 5.77. The third-order valence-corrected chi connectivity index (χ3v) is 4.98. The number of piperazine rings is 1. The van der Waals surface area contributed by atoms with E-state index in [4.69, 9.17) is 9.47 Å². The summed E-state index contributed by atoms with van der Waals surface area (Å²) >= 11 is 0. The largest absolute Gasteiger partial charge is 0.493 e. The number of halogens is 2. The normalized spacial score (nSPS) is 14.1. The zero-order valence-electron chi connectivity index (χ0n) is 16.1. The van der Waals surface area contributed by atoms with Crippen molar-refractivity contribution >= 4 is 11.6 Å². The molecule has 0 bridgehead atoms. The van der Waals surface area contributed by atoms with E-state index < -0.39 is 11.6 Å². The quantitative estimate of drug-likeness (QED) is 0.759. The molecule has 1 saturated heterocycles. The minimum absolute atomic E-state index is 0.0831. The van der Waals surface area contributed by atoms with Crippen LogP contribution in [0.15, 0.2) is 36.4 Å². The molecular weight excluding hydrogens is 366 g/mol. The Bertz CT molecular complexity index is 836. The Hall–Kier alpha value is -2.83. The number of anilines is 1. The zero-order valence-corrected chi connectivity index (χ0v) is 16.1. The summed E-state index contributed by atoms with van der Waals surface area (Å²) in [6.45, 7) is 2.30. The topological polar surface area (TPSA) is 42.0 Å². The smallest absolute Gasteiger partial charge is 0.223 e. The number of carbonyl (C=O) groups excluding carboxylic acids is 1. The van der Waals surface area contributed by atoms with Gasteiger partial charge in [0.25, 0.3) is 0 Å². The fourth-order valence-corrected chi connectivity index (χ4v) is 3.34. The van der Waals surface area contributed by atoms with Crippen LogP contribution in [-0.4, -0.2) is 51.2 Å². The van der Waals surface area contributed by atoms with E-state index in [9.17, 15) is 13.6 Å². The summed E-state index contributed by atoms with van der Waals surface area (Å²) in [5.41, 5.74) is 1.64. The van der Waals surface area contributed by atoms with Crippen LogP contribution in [0.5, 0.6) is 11.5 Å². The van der Waals surface area contributed by atoms with E-state index in [1.807, 2.05) is 28.0 Å². The number of nitrogens with zero attached hydrogens (tertiary/aromatic N) is 2. The van der Waals surface area contributed by atoms with E-state index in [0.717, 1.165) is 11.6 Å². The van der Waals surface area contributed by atoms with Crippen LogP contribution >= 0.6 is 0 Å². The molecule has 1 amide bonds. The molecule has 7 heteroatoms. The molecule has 1 heterocycles. The molecular formula is C21H24F2N2O3. The van der Waals surface area contributed by atoms with Crippen molar-refractivity contribution in [3.05, 3.63) is 53.6 Å². The van der Waals surface area contributed by atoms with E-state index >= 15 is 0 Å². The van der Waals surface area contributed by atoms with Crippen LogP contribution in [0.1, 0.15) is 12.0 Å². The molecule has 5 nitrogen and oxygen atoms in total. The molecule has 1 aliphatic rings. The zero-order chi connectivity index (χ0) is 20.1. The molecule has 1 aliphatic heterocycles. The number of ether oxygens (including phenoxy) is 2. The number of hydrogen-bond acceptors (Lipinski definition) is 4. The molecule has 150 valence electrons. The lowest BCUT2D eigenvalue weighted by Crippen LogP contribution is -2.48. The minimum atomic E-state index is -0.856. The van der Waals surface area contributed by atoms with Crippen LogP contribution in [0.2, 0.25) is 0 Å². The van der Waals surface area contributed by atoms with Gasteiger partial charge in [0.1, 0.15) is 0 Å². The van der Waals surface area contributed by atoms with Crippen molar-refractivity contribution in [2.24, 2.45) is 0 Å². The van der Waals surface area contributed by atoms with E-state index in [1.54, 1.807) is 20.3 Å². The third-order valence-electron chi connectivity index (χ3n) is 4.98. The summed E-state index contributed by atoms with van der Waals surface area (Å²) in [4.78, 5) is 16.3. The highest BCUT2D eigenvalue weighted by atomic mass is 19.2. The number of hydrogen-bond donors (Lipinski definition) is 0. The van der Waals surface area contributed by atoms with Crippen molar-refractivity contribution in [3.8, 4) is 11.5 Å². The molecule has 0 aromatic heterocycles. The molecule has 0 radical (unpaired) electrons. The maximum Gasteiger partial charge on any atom is 0.223 e. The Labute approximate surface area is 163 Å². The summed E-state index contributed by atoms with van der Waals surface area (Å²) in [5.74, 6) is -0.322. The van der Waals surface area contributed by atoms with Crippen molar-refractivity contribution in [2.45, 2.75) is 12.8 Å². The molecule has 2 aromatic rings. The molecule has 28 heavy (non-hydrogen) atoms. The van der Waals surface area contributed by atoms with Gasteiger partial charge in [0, 0.05) is 44.4 Å². The first-order valence-corrected chi connectivity index (χ1v) is 9.20. The average Bonchev–Trinajstić information content (AvgIpc) is 2.73. The second-order valence-electron chi connectivity index (χ2n) is 6.66. The number of carbonyl (C=O) groups is 1. The molecule has 0 spiro atoms. The van der Waals surface area contributed by atoms with Crippen LogP contribution in [0.25, 0.3) is 0 Å². The number of amides is 1. The van der Waals surface area contributed by atoms with Crippen molar-refractivity contribution in [2.75, 3.05) is 45.3 Å². The fraction of sp³-hybridized carbons (Fsp3) is 0.381. The first-order valence-electron chi connectivity index (χ1n) is 9.20. The van der Waals surface area contributed by atoms with Crippen molar-refractivity contribution < 1.29 is 23.0 Å². The Morgan fingerprint density at radius 3 is 2.29 bits per heavy atom. The van der Waals surface area contributed by atoms with E-state index in [2.05, 4.69) is 0 Å². The molecule has 0 atom stereocenters. The van der Waals surface area contributed by atoms with Gasteiger partial charge < -0.3 is 19.3 Å². The van der Waals surface area contributed by atoms with Crippen LogP contribution in [0.3, 0.4) is 0 Å². The Balaban J connectivity index is 1.52. The fourth-order valence-electron chi connectivity index (χ4n) is 3.34. The first kappa shape index (κ1) is 19.9. The molecule has 0 N–H and O–H groups in total. The summed E-state index contributed by atoms with van der Waals surface area (Å²) in [5, 5.41) is 0. The van der Waals surface area contributed by atoms with Crippen LogP contribution in [-0.2, 0) is 11.2 Å². The summed E-state index contributed by atoms with van der Waals surface area (Å²) < 4.78 is 37.0. The summed E-state index contributed by atoms with van der Waals surface area (Å²) in [7, 11) is 3.17. The van der Waals surface area contributed by atoms with Crippen LogP contribution < -0.4 is 14.4 Å². The van der Waals surface area contributed by atoms with Crippen molar-refractivity contribution in [3.63, 3.8) is 0 Å². The highest BCUT2D eigenvalue weighted by Crippen LogP contribution is 2.28. The van der Waals surface area contributed by atoms with Gasteiger partial charge in [-0.25, -0.2) is 8.78 Å². The van der Waals surface area contributed by atoms with Gasteiger partial charge in [0.05, 0.1) is 14.2 Å². The lowest BCUT2D eigenvalue weighted by molar-refractivity contribution is -0.131. The number of benzene rings is 2. The van der Waals surface area contributed by atoms with Crippen LogP contribution in [0, 0.1) is 11.6 Å². The van der Waals surface area contributed by atoms with Crippen molar-refractivity contribution in [1.82, 2.24) is 4.90 Å². The SMILES string of the molecule is COc1ccc(CCC(=O)N2CCN(c3ccc(F)c(F)c3)CC2)cc1OC. The number of rotatable bonds is 6. The molecule has 0 unspecified atom stereocenters. The molecule has 1 fully saturated rings. The Morgan fingerprint density at radius 2 is 1.64 bits per heavy atom. The van der Waals surface area contributed by atoms with Crippen LogP contribution in [0.4, 0.5) is 14.5 Å². The molecule has 3 rings (SSSR count). The maximum atomic E-state index is 13.4. The Kier molecular flexibility index (Phi) is 6.34. The highest BCUT2D eigenvalue weighted by Gasteiger charge is 2.22. The predicted octanol–water partition coefficient (Wildman–Crippen LogP) is 3.26. The van der Waals surface area contributed by atoms with Gasteiger partial charge in [-0.2, -0.15) is 0 Å². The molecule has 0 aliphatic carbocycles. The van der Waals surface area contributed by atoms with Gasteiger partial charge in [-0.1, -0.05) is 6.07 Å². The van der Waals surface area contributed by atoms with Gasteiger partial charge in [0.2, 0.25) is 5.91 Å². The van der Waals surface area contributed by atoms with E-state index in [0.29, 0.717) is 56.2 Å². The second kappa shape index (κ2) is 8.91. The third kappa shape index (κ3) is 4.52. The molecule has 0 saturated carbocycles. The second-order valence-corrected chi connectivity index (χ2v) is 6.66. The summed E-state index contributed by atoms with van der Waals surface area (Å²) in [6.07, 6.45) is 1.02. The maximum absolute atomic E-state index is 13.4. The number of aryl methyl sites for hydroxylation is 1. The molecule has 2 aromatic carbocycles. The lowest BCUT2D eigenvalue weighted by Gasteiger charge is -2.36. The number of methoxy groups -OCH3 is 2. The predicted molar refractivity (Wildman–Crippen MR) is 103 cm³/mol. The first-order chi connectivity index (χ1) is 13.5. The Morgan fingerprint density at radius 1 is 0.929 bits per heavy atom. The average molecular weight is 390 g/mol. The standard InChI is InChI=1S/C21H24F2N2O3/c1-27-19-7-3-15(13-20(19)28-2)4-8-21(26)25-11-9-24(10-12-25)16-5-6-17(22)18(23)14-16/h3,5-7,13-14H,4,8-12H2,1-2H3. The lowest BCUT2D eigenvalue weighted by atomic mass is 10.1. The van der Waals surface area contributed by atoms with Crippen molar-refractivity contribution in [1.29, 1.82) is 0 Å². The van der Waals surface area contributed by atoms with Gasteiger partial charge in [-0.3, -0.25) is 4.79 Å². The van der Waals surface area contributed by atoms with Gasteiger partial charge in [0.15, 0.2) is 23.1 Å². The minimum Gasteiger partial charge on any atom is -0.493 e. The monoisotopic (exact) mass is 390 g/mol. The summed E-state index contributed by atoms with van der Waals surface area (Å²) in [6, 6.07) is 9.53.